The van der Waals surface area contributed by atoms with Gasteiger partial charge in [-0.1, -0.05) is 6.07 Å². The molecule has 0 atom stereocenters. The first-order chi connectivity index (χ1) is 7.50. The van der Waals surface area contributed by atoms with Gasteiger partial charge in [-0.2, -0.15) is 5.10 Å². The summed E-state index contributed by atoms with van der Waals surface area (Å²) in [5.74, 6) is 0. The second-order valence-electron chi connectivity index (χ2n) is 4.17. The SMILES string of the molecule is Cc1ccc(-n2nc(C)c(I)c2C)cc1C. The van der Waals surface area contributed by atoms with Gasteiger partial charge < -0.3 is 0 Å². The molecule has 0 amide bonds. The summed E-state index contributed by atoms with van der Waals surface area (Å²) in [6, 6.07) is 6.46. The van der Waals surface area contributed by atoms with Crippen molar-refractivity contribution in [2.45, 2.75) is 27.7 Å². The van der Waals surface area contributed by atoms with E-state index in [0.29, 0.717) is 0 Å². The van der Waals surface area contributed by atoms with Crippen molar-refractivity contribution in [1.82, 2.24) is 9.78 Å². The van der Waals surface area contributed by atoms with E-state index in [4.69, 9.17) is 0 Å². The minimum Gasteiger partial charge on any atom is -0.237 e. The lowest BCUT2D eigenvalue weighted by atomic mass is 10.1. The Kier molecular flexibility index (Phi) is 3.06. The van der Waals surface area contributed by atoms with E-state index in [9.17, 15) is 0 Å². The molecule has 0 bridgehead atoms. The molecule has 1 aromatic heterocycles. The van der Waals surface area contributed by atoms with Crippen LogP contribution in [0.3, 0.4) is 0 Å². The van der Waals surface area contributed by atoms with Crippen LogP contribution >= 0.6 is 22.6 Å². The molecule has 3 heteroatoms. The lowest BCUT2D eigenvalue weighted by Gasteiger charge is -2.07. The lowest BCUT2D eigenvalue weighted by molar-refractivity contribution is 0.832. The summed E-state index contributed by atoms with van der Waals surface area (Å²) in [4.78, 5) is 0. The van der Waals surface area contributed by atoms with Crippen LogP contribution in [-0.4, -0.2) is 9.78 Å². The third-order valence-electron chi connectivity index (χ3n) is 2.94. The van der Waals surface area contributed by atoms with Crippen LogP contribution < -0.4 is 0 Å². The molecule has 0 saturated carbocycles. The maximum Gasteiger partial charge on any atom is 0.0734 e. The van der Waals surface area contributed by atoms with Crippen molar-refractivity contribution in [3.63, 3.8) is 0 Å². The Morgan fingerprint density at radius 1 is 1.06 bits per heavy atom. The zero-order valence-electron chi connectivity index (χ0n) is 10.0. The predicted octanol–water partition coefficient (Wildman–Crippen LogP) is 3.71. The summed E-state index contributed by atoms with van der Waals surface area (Å²) in [5, 5.41) is 4.56. The van der Waals surface area contributed by atoms with Gasteiger partial charge in [-0.05, 0) is 73.5 Å². The second-order valence-corrected chi connectivity index (χ2v) is 5.24. The number of nitrogens with zero attached hydrogens (tertiary/aromatic N) is 2. The molecule has 2 aromatic rings. The van der Waals surface area contributed by atoms with Gasteiger partial charge in [0.1, 0.15) is 0 Å². The minimum atomic E-state index is 1.09. The minimum absolute atomic E-state index is 1.09. The van der Waals surface area contributed by atoms with Crippen LogP contribution in [0.5, 0.6) is 0 Å². The lowest BCUT2D eigenvalue weighted by Crippen LogP contribution is -2.00. The number of hydrogen-bond donors (Lipinski definition) is 0. The Morgan fingerprint density at radius 2 is 1.75 bits per heavy atom. The molecular weight excluding hydrogens is 311 g/mol. The average Bonchev–Trinajstić information content (AvgIpc) is 2.50. The van der Waals surface area contributed by atoms with Gasteiger partial charge in [0.25, 0.3) is 0 Å². The highest BCUT2D eigenvalue weighted by Crippen LogP contribution is 2.20. The zero-order valence-corrected chi connectivity index (χ0v) is 12.2. The number of hydrogen-bond acceptors (Lipinski definition) is 1. The molecule has 0 aliphatic rings. The molecule has 0 fully saturated rings. The third-order valence-corrected chi connectivity index (χ3v) is 4.50. The molecule has 84 valence electrons. The maximum absolute atomic E-state index is 4.56. The fourth-order valence-corrected chi connectivity index (χ4v) is 2.07. The summed E-state index contributed by atoms with van der Waals surface area (Å²) in [7, 11) is 0. The predicted molar refractivity (Wildman–Crippen MR) is 75.2 cm³/mol. The standard InChI is InChI=1S/C13H15IN2/c1-8-5-6-12(7-9(8)2)16-11(4)13(14)10(3)15-16/h5-7H,1-4H3. The van der Waals surface area contributed by atoms with Gasteiger partial charge in [0.05, 0.1) is 20.6 Å². The molecular formula is C13H15IN2. The summed E-state index contributed by atoms with van der Waals surface area (Å²) < 4.78 is 3.26. The topological polar surface area (TPSA) is 17.8 Å². The van der Waals surface area contributed by atoms with E-state index < -0.39 is 0 Å². The molecule has 0 unspecified atom stereocenters. The van der Waals surface area contributed by atoms with Crippen LogP contribution in [0.2, 0.25) is 0 Å². The van der Waals surface area contributed by atoms with Gasteiger partial charge in [-0.15, -0.1) is 0 Å². The zero-order chi connectivity index (χ0) is 11.9. The monoisotopic (exact) mass is 326 g/mol. The Morgan fingerprint density at radius 3 is 2.25 bits per heavy atom. The van der Waals surface area contributed by atoms with Crippen molar-refractivity contribution in [3.8, 4) is 5.69 Å². The van der Waals surface area contributed by atoms with E-state index in [-0.39, 0.29) is 0 Å². The first-order valence-corrected chi connectivity index (χ1v) is 6.38. The van der Waals surface area contributed by atoms with Crippen LogP contribution in [0, 0.1) is 31.3 Å². The third kappa shape index (κ3) is 1.88. The summed E-state index contributed by atoms with van der Waals surface area (Å²) in [6.45, 7) is 8.42. The molecule has 0 spiro atoms. The summed E-state index contributed by atoms with van der Waals surface area (Å²) >= 11 is 2.35. The molecule has 1 heterocycles. The van der Waals surface area contributed by atoms with Gasteiger partial charge in [-0.3, -0.25) is 0 Å². The van der Waals surface area contributed by atoms with Crippen LogP contribution in [-0.2, 0) is 0 Å². The fourth-order valence-electron chi connectivity index (χ4n) is 1.73. The Labute approximate surface area is 110 Å². The molecule has 0 radical (unpaired) electrons. The van der Waals surface area contributed by atoms with E-state index in [0.717, 1.165) is 11.4 Å². The van der Waals surface area contributed by atoms with Crippen LogP contribution in [0.4, 0.5) is 0 Å². The highest BCUT2D eigenvalue weighted by Gasteiger charge is 2.10. The van der Waals surface area contributed by atoms with Crippen molar-refractivity contribution >= 4 is 22.6 Å². The normalized spacial score (nSPS) is 10.8. The average molecular weight is 326 g/mol. The number of aryl methyl sites for hydroxylation is 3. The molecule has 0 saturated heterocycles. The van der Waals surface area contributed by atoms with Crippen LogP contribution in [0.25, 0.3) is 5.69 Å². The quantitative estimate of drug-likeness (QED) is 0.731. The first-order valence-electron chi connectivity index (χ1n) is 5.30. The number of benzene rings is 1. The Balaban J connectivity index is 2.59. The number of rotatable bonds is 1. The summed E-state index contributed by atoms with van der Waals surface area (Å²) in [5.41, 5.74) is 6.07. The van der Waals surface area contributed by atoms with Gasteiger partial charge in [-0.25, -0.2) is 4.68 Å². The molecule has 1 aromatic carbocycles. The van der Waals surface area contributed by atoms with Gasteiger partial charge in [0.2, 0.25) is 0 Å². The smallest absolute Gasteiger partial charge is 0.0734 e. The van der Waals surface area contributed by atoms with Gasteiger partial charge >= 0.3 is 0 Å². The van der Waals surface area contributed by atoms with Gasteiger partial charge in [0, 0.05) is 0 Å². The van der Waals surface area contributed by atoms with Crippen molar-refractivity contribution in [2.24, 2.45) is 0 Å². The van der Waals surface area contributed by atoms with E-state index in [1.54, 1.807) is 0 Å². The van der Waals surface area contributed by atoms with E-state index >= 15 is 0 Å². The maximum atomic E-state index is 4.56. The van der Waals surface area contributed by atoms with Crippen molar-refractivity contribution in [1.29, 1.82) is 0 Å². The molecule has 0 aliphatic carbocycles. The largest absolute Gasteiger partial charge is 0.237 e. The molecule has 16 heavy (non-hydrogen) atoms. The van der Waals surface area contributed by atoms with Crippen molar-refractivity contribution in [3.05, 3.63) is 44.3 Å². The van der Waals surface area contributed by atoms with Crippen LogP contribution in [0.1, 0.15) is 22.5 Å². The molecule has 0 aliphatic heterocycles. The Bertz CT molecular complexity index is 541. The highest BCUT2D eigenvalue weighted by atomic mass is 127. The van der Waals surface area contributed by atoms with E-state index in [1.807, 2.05) is 11.6 Å². The number of halogens is 1. The van der Waals surface area contributed by atoms with E-state index in [2.05, 4.69) is 66.7 Å². The first kappa shape index (κ1) is 11.6. The fraction of sp³-hybridized carbons (Fsp3) is 0.308. The van der Waals surface area contributed by atoms with Crippen molar-refractivity contribution < 1.29 is 0 Å². The van der Waals surface area contributed by atoms with E-state index in [1.165, 1.54) is 20.4 Å². The molecule has 0 N–H and O–H groups in total. The second kappa shape index (κ2) is 4.20. The summed E-state index contributed by atoms with van der Waals surface area (Å²) in [6.07, 6.45) is 0. The van der Waals surface area contributed by atoms with Crippen LogP contribution in [0.15, 0.2) is 18.2 Å². The van der Waals surface area contributed by atoms with Crippen molar-refractivity contribution in [2.75, 3.05) is 0 Å². The highest BCUT2D eigenvalue weighted by molar-refractivity contribution is 14.1. The molecule has 2 rings (SSSR count). The Hall–Kier alpha value is -0.840. The number of aromatic nitrogens is 2. The molecule has 2 nitrogen and oxygen atoms in total. The van der Waals surface area contributed by atoms with Gasteiger partial charge in [0.15, 0.2) is 0 Å².